The predicted molar refractivity (Wildman–Crippen MR) is 205 cm³/mol. The first-order valence-electron chi connectivity index (χ1n) is 18.7. The van der Waals surface area contributed by atoms with Gasteiger partial charge in [0.25, 0.3) is 5.91 Å². The maximum Gasteiger partial charge on any atom is 0.469 e. The van der Waals surface area contributed by atoms with E-state index in [2.05, 4.69) is 16.0 Å². The summed E-state index contributed by atoms with van der Waals surface area (Å²) in [6, 6.07) is 16.2. The third-order valence-electron chi connectivity index (χ3n) is 10.5. The van der Waals surface area contributed by atoms with Gasteiger partial charge < -0.3 is 45.8 Å². The molecule has 0 radical (unpaired) electrons. The lowest BCUT2D eigenvalue weighted by molar-refractivity contribution is -0.138. The fourth-order valence-corrected chi connectivity index (χ4v) is 8.25. The summed E-state index contributed by atoms with van der Waals surface area (Å²) in [5.74, 6) is -3.64. The number of phosphoric ester groups is 1. The van der Waals surface area contributed by atoms with Crippen molar-refractivity contribution in [3.63, 3.8) is 0 Å². The van der Waals surface area contributed by atoms with Crippen LogP contribution >= 0.6 is 7.82 Å². The number of hydrogen-bond donors (Lipinski definition) is 8. The molecule has 1 unspecified atom stereocenters. The van der Waals surface area contributed by atoms with Gasteiger partial charge in [-0.25, -0.2) is 4.57 Å². The fraction of sp³-hybridized carbons (Fsp3) is 0.475. The van der Waals surface area contributed by atoms with Gasteiger partial charge in [0.15, 0.2) is 6.61 Å². The van der Waals surface area contributed by atoms with Crippen LogP contribution in [0.2, 0.25) is 0 Å². The molecular formula is C40H52N3O11P. The summed E-state index contributed by atoms with van der Waals surface area (Å²) in [6.45, 7) is 4.08. The van der Waals surface area contributed by atoms with Crippen molar-refractivity contribution in [2.24, 2.45) is 17.8 Å². The molecule has 0 aliphatic heterocycles. The zero-order valence-corrected chi connectivity index (χ0v) is 32.1. The summed E-state index contributed by atoms with van der Waals surface area (Å²) < 4.78 is 22.5. The van der Waals surface area contributed by atoms with Crippen LogP contribution in [-0.2, 0) is 23.5 Å². The standard InChI is InChI=1S/C40H52N3O11P/c1-23(2)34(39(48)43-36-29-18-10-8-15-27(29)21-31(36)44)38(47)37(46)30(20-25-12-5-4-6-13-25)41-40(49)35(24(3)54-55(50,51)52)42-33(45)22-53-32-19-11-16-26-14-7-9-17-28(26)32/h7-11,14-19,21,23-25,30,34-38,44,46-47H,4-6,12-13,20,22H2,1-3H3,(H,41,49)(H,42,45)(H,43,48)(H2,50,51,52)/t24?,30-,34-,35-,36+,37-,38-/m0/s1. The molecule has 0 bridgehead atoms. The summed E-state index contributed by atoms with van der Waals surface area (Å²) in [4.78, 5) is 60.3. The second-order valence-electron chi connectivity index (χ2n) is 14.9. The highest BCUT2D eigenvalue weighted by atomic mass is 31.2. The van der Waals surface area contributed by atoms with Crippen LogP contribution in [0.1, 0.15) is 76.5 Å². The van der Waals surface area contributed by atoms with Gasteiger partial charge in [0.05, 0.1) is 24.2 Å². The Morgan fingerprint density at radius 1 is 0.855 bits per heavy atom. The van der Waals surface area contributed by atoms with E-state index >= 15 is 0 Å². The van der Waals surface area contributed by atoms with Crippen LogP contribution in [-0.4, -0.2) is 79.8 Å². The van der Waals surface area contributed by atoms with Gasteiger partial charge in [0.2, 0.25) is 11.8 Å². The van der Waals surface area contributed by atoms with Crippen molar-refractivity contribution in [3.8, 4) is 5.75 Å². The van der Waals surface area contributed by atoms with Gasteiger partial charge in [-0.15, -0.1) is 0 Å². The quantitative estimate of drug-likeness (QED) is 0.0896. The van der Waals surface area contributed by atoms with Crippen molar-refractivity contribution in [2.75, 3.05) is 6.61 Å². The molecule has 0 heterocycles. The largest absolute Gasteiger partial charge is 0.510 e. The fourth-order valence-electron chi connectivity index (χ4n) is 7.69. The van der Waals surface area contributed by atoms with Crippen molar-refractivity contribution in [3.05, 3.63) is 83.6 Å². The molecule has 14 nitrogen and oxygen atoms in total. The number of hydrogen-bond acceptors (Lipinski definition) is 9. The van der Waals surface area contributed by atoms with E-state index in [1.807, 2.05) is 30.3 Å². The lowest BCUT2D eigenvalue weighted by Crippen LogP contribution is -2.60. The smallest absolute Gasteiger partial charge is 0.469 e. The Hall–Kier alpha value is -4.30. The number of phosphoric acid groups is 1. The van der Waals surface area contributed by atoms with Gasteiger partial charge in [-0.3, -0.25) is 18.9 Å². The van der Waals surface area contributed by atoms with Gasteiger partial charge >= 0.3 is 7.82 Å². The molecular weight excluding hydrogens is 729 g/mol. The molecule has 15 heteroatoms. The number of amides is 3. The topological polar surface area (TPSA) is 224 Å². The monoisotopic (exact) mass is 781 g/mol. The van der Waals surface area contributed by atoms with Crippen molar-refractivity contribution in [1.82, 2.24) is 16.0 Å². The van der Waals surface area contributed by atoms with Crippen LogP contribution in [0, 0.1) is 17.8 Å². The Morgan fingerprint density at radius 2 is 1.53 bits per heavy atom. The number of carbonyl (C=O) groups excluding carboxylic acids is 3. The lowest BCUT2D eigenvalue weighted by Gasteiger charge is -2.37. The molecule has 0 aromatic heterocycles. The second-order valence-corrected chi connectivity index (χ2v) is 16.0. The molecule has 7 atom stereocenters. The van der Waals surface area contributed by atoms with Gasteiger partial charge in [-0.2, -0.15) is 0 Å². The van der Waals surface area contributed by atoms with Crippen LogP contribution in [0.5, 0.6) is 5.75 Å². The molecule has 2 aliphatic carbocycles. The zero-order valence-electron chi connectivity index (χ0n) is 31.2. The summed E-state index contributed by atoms with van der Waals surface area (Å²) in [5, 5.41) is 43.8. The minimum absolute atomic E-state index is 0.0511. The Kier molecular flexibility index (Phi) is 14.1. The van der Waals surface area contributed by atoms with Gasteiger partial charge in [0.1, 0.15) is 29.7 Å². The molecule has 1 fully saturated rings. The highest BCUT2D eigenvalue weighted by Crippen LogP contribution is 2.38. The van der Waals surface area contributed by atoms with Crippen LogP contribution in [0.25, 0.3) is 16.8 Å². The van der Waals surface area contributed by atoms with Crippen LogP contribution in [0.15, 0.2) is 72.5 Å². The third-order valence-corrected chi connectivity index (χ3v) is 11.1. The van der Waals surface area contributed by atoms with Gasteiger partial charge in [-0.05, 0) is 53.8 Å². The number of carbonyl (C=O) groups is 3. The van der Waals surface area contributed by atoms with Crippen LogP contribution in [0.3, 0.4) is 0 Å². The SMILES string of the molecule is CC(OP(=O)(O)O)[C@H](NC(=O)COc1cccc2ccccc12)C(=O)N[C@@H](CC1CCCCC1)[C@H](O)[C@@H](O)[C@@H](C(=O)N[C@H]1C(O)=Cc2ccccc21)C(C)C. The first-order chi connectivity index (χ1) is 26.1. The molecule has 0 saturated heterocycles. The molecule has 2 aliphatic rings. The summed E-state index contributed by atoms with van der Waals surface area (Å²) in [5.41, 5.74) is 1.41. The van der Waals surface area contributed by atoms with Crippen molar-refractivity contribution >= 4 is 42.4 Å². The normalized spacial score (nSPS) is 19.3. The zero-order chi connectivity index (χ0) is 39.9. The van der Waals surface area contributed by atoms with E-state index in [-0.39, 0.29) is 18.1 Å². The van der Waals surface area contributed by atoms with Crippen molar-refractivity contribution in [1.29, 1.82) is 0 Å². The Morgan fingerprint density at radius 3 is 2.24 bits per heavy atom. The van der Waals surface area contributed by atoms with Crippen LogP contribution < -0.4 is 20.7 Å². The average Bonchev–Trinajstić information content (AvgIpc) is 3.45. The van der Waals surface area contributed by atoms with Crippen molar-refractivity contribution < 1.29 is 53.3 Å². The number of aliphatic hydroxyl groups excluding tert-OH is 3. The highest BCUT2D eigenvalue weighted by Gasteiger charge is 2.42. The number of ether oxygens (including phenoxy) is 1. The molecule has 0 spiro atoms. The molecule has 1 saturated carbocycles. The van der Waals surface area contributed by atoms with Crippen LogP contribution in [0.4, 0.5) is 0 Å². The maximum atomic E-state index is 14.0. The molecule has 298 valence electrons. The highest BCUT2D eigenvalue weighted by molar-refractivity contribution is 7.46. The Balaban J connectivity index is 1.35. The molecule has 3 aromatic carbocycles. The third kappa shape index (κ3) is 10.9. The lowest BCUT2D eigenvalue weighted by atomic mass is 9.79. The van der Waals surface area contributed by atoms with Gasteiger partial charge in [0, 0.05) is 5.39 Å². The Bertz CT molecular complexity index is 1890. The predicted octanol–water partition coefficient (Wildman–Crippen LogP) is 4.42. The average molecular weight is 782 g/mol. The minimum Gasteiger partial charge on any atom is -0.510 e. The minimum atomic E-state index is -5.14. The molecule has 5 rings (SSSR count). The van der Waals surface area contributed by atoms with E-state index in [0.29, 0.717) is 11.3 Å². The second kappa shape index (κ2) is 18.6. The number of benzene rings is 3. The van der Waals surface area contributed by atoms with E-state index in [1.165, 1.54) is 6.92 Å². The number of fused-ring (bicyclic) bond motifs is 2. The molecule has 3 amide bonds. The number of nitrogens with one attached hydrogen (secondary N) is 3. The summed E-state index contributed by atoms with van der Waals surface area (Å²) in [6.07, 6.45) is 1.35. The van der Waals surface area contributed by atoms with E-state index in [0.717, 1.165) is 48.4 Å². The van der Waals surface area contributed by atoms with E-state index in [9.17, 15) is 44.1 Å². The maximum absolute atomic E-state index is 14.0. The Labute approximate surface area is 320 Å². The molecule has 8 N–H and O–H groups in total. The summed E-state index contributed by atoms with van der Waals surface area (Å²) >= 11 is 0. The van der Waals surface area contributed by atoms with E-state index in [1.54, 1.807) is 56.3 Å². The van der Waals surface area contributed by atoms with E-state index < -0.39 is 80.4 Å². The number of rotatable bonds is 17. The molecule has 3 aromatic rings. The van der Waals surface area contributed by atoms with E-state index in [4.69, 9.17) is 9.26 Å². The van der Waals surface area contributed by atoms with Crippen molar-refractivity contribution in [2.45, 2.75) is 95.7 Å². The first kappa shape index (κ1) is 41.9. The summed E-state index contributed by atoms with van der Waals surface area (Å²) in [7, 11) is -5.14. The first-order valence-corrected chi connectivity index (χ1v) is 20.3. The number of aliphatic hydroxyl groups is 3. The molecule has 55 heavy (non-hydrogen) atoms. The van der Waals surface area contributed by atoms with Gasteiger partial charge in [-0.1, -0.05) is 107 Å².